The first kappa shape index (κ1) is 15.6. The zero-order valence-electron chi connectivity index (χ0n) is 12.9. The van der Waals surface area contributed by atoms with Crippen molar-refractivity contribution >= 4 is 17.2 Å². The Morgan fingerprint density at radius 1 is 1.38 bits per heavy atom. The monoisotopic (exact) mass is 323 g/mol. The topological polar surface area (TPSA) is 80.5 Å². The van der Waals surface area contributed by atoms with Crippen molar-refractivity contribution in [3.05, 3.63) is 70.8 Å². The molecule has 5 nitrogen and oxygen atoms in total. The van der Waals surface area contributed by atoms with Gasteiger partial charge in [-0.2, -0.15) is 5.26 Å². The average molecular weight is 323 g/mol. The predicted octanol–water partition coefficient (Wildman–Crippen LogP) is 3.20. The van der Waals surface area contributed by atoms with Gasteiger partial charge in [-0.25, -0.2) is 9.18 Å². The van der Waals surface area contributed by atoms with Gasteiger partial charge in [-0.3, -0.25) is 0 Å². The lowest BCUT2D eigenvalue weighted by Gasteiger charge is -2.09. The summed E-state index contributed by atoms with van der Waals surface area (Å²) in [5, 5.41) is 9.33. The van der Waals surface area contributed by atoms with Gasteiger partial charge < -0.3 is 14.9 Å². The summed E-state index contributed by atoms with van der Waals surface area (Å²) in [5.41, 5.74) is 7.82. The number of aryl methyl sites for hydroxylation is 1. The first-order valence-corrected chi connectivity index (χ1v) is 7.23. The number of nitriles is 1. The highest BCUT2D eigenvalue weighted by molar-refractivity contribution is 5.96. The SMILES string of the molecule is Cc1ccc(F)c(C(=O)OCc2cn3ccccc3c2C#N)c1N. The lowest BCUT2D eigenvalue weighted by atomic mass is 10.1. The van der Waals surface area contributed by atoms with Crippen LogP contribution in [0.1, 0.15) is 27.0 Å². The molecule has 0 atom stereocenters. The van der Waals surface area contributed by atoms with Crippen LogP contribution in [0.5, 0.6) is 0 Å². The average Bonchev–Trinajstić information content (AvgIpc) is 2.94. The number of anilines is 1. The van der Waals surface area contributed by atoms with Crippen LogP contribution in [-0.2, 0) is 11.3 Å². The predicted molar refractivity (Wildman–Crippen MR) is 86.8 cm³/mol. The number of halogens is 1. The maximum absolute atomic E-state index is 13.9. The Bertz CT molecular complexity index is 986. The summed E-state index contributed by atoms with van der Waals surface area (Å²) in [4.78, 5) is 12.2. The standard InChI is InChI=1S/C18H14FN3O2/c1-11-5-6-14(19)16(17(11)21)18(23)24-10-12-9-22-7-3-2-4-15(22)13(12)8-20/h2-7,9H,10,21H2,1H3. The molecule has 0 spiro atoms. The number of nitrogens with two attached hydrogens (primary N) is 1. The van der Waals surface area contributed by atoms with Crippen molar-refractivity contribution in [2.75, 3.05) is 5.73 Å². The Morgan fingerprint density at radius 3 is 2.92 bits per heavy atom. The maximum Gasteiger partial charge on any atom is 0.343 e. The first-order valence-electron chi connectivity index (χ1n) is 7.23. The molecule has 0 fully saturated rings. The molecular formula is C18H14FN3O2. The summed E-state index contributed by atoms with van der Waals surface area (Å²) in [7, 11) is 0. The van der Waals surface area contributed by atoms with Gasteiger partial charge in [0.1, 0.15) is 24.1 Å². The van der Waals surface area contributed by atoms with Gasteiger partial charge in [-0.15, -0.1) is 0 Å². The summed E-state index contributed by atoms with van der Waals surface area (Å²) >= 11 is 0. The van der Waals surface area contributed by atoms with Gasteiger partial charge in [0.05, 0.1) is 16.8 Å². The van der Waals surface area contributed by atoms with E-state index in [1.54, 1.807) is 29.8 Å². The molecule has 0 bridgehead atoms. The summed E-state index contributed by atoms with van der Waals surface area (Å²) in [6.45, 7) is 1.54. The number of hydrogen-bond acceptors (Lipinski definition) is 4. The van der Waals surface area contributed by atoms with Crippen LogP contribution in [0, 0.1) is 24.1 Å². The van der Waals surface area contributed by atoms with Crippen LogP contribution in [-0.4, -0.2) is 10.4 Å². The van der Waals surface area contributed by atoms with Gasteiger partial charge in [0.2, 0.25) is 0 Å². The second kappa shape index (κ2) is 6.05. The summed E-state index contributed by atoms with van der Waals surface area (Å²) in [5.74, 6) is -1.58. The van der Waals surface area contributed by atoms with E-state index in [4.69, 9.17) is 10.5 Å². The Kier molecular flexibility index (Phi) is 3.92. The molecule has 0 unspecified atom stereocenters. The number of esters is 1. The molecule has 0 saturated carbocycles. The van der Waals surface area contributed by atoms with E-state index < -0.39 is 11.8 Å². The number of rotatable bonds is 3. The van der Waals surface area contributed by atoms with Gasteiger partial charge >= 0.3 is 5.97 Å². The molecular weight excluding hydrogens is 309 g/mol. The molecule has 2 N–H and O–H groups in total. The largest absolute Gasteiger partial charge is 0.457 e. The molecule has 3 aromatic rings. The van der Waals surface area contributed by atoms with Crippen molar-refractivity contribution in [1.82, 2.24) is 4.40 Å². The van der Waals surface area contributed by atoms with Crippen molar-refractivity contribution in [3.8, 4) is 6.07 Å². The summed E-state index contributed by atoms with van der Waals surface area (Å²) < 4.78 is 20.8. The van der Waals surface area contributed by atoms with Crippen molar-refractivity contribution in [2.24, 2.45) is 0 Å². The number of carbonyl (C=O) groups is 1. The van der Waals surface area contributed by atoms with E-state index in [0.717, 1.165) is 0 Å². The normalized spacial score (nSPS) is 10.5. The van der Waals surface area contributed by atoms with E-state index in [1.165, 1.54) is 12.1 Å². The molecule has 0 aliphatic heterocycles. The first-order chi connectivity index (χ1) is 11.5. The van der Waals surface area contributed by atoms with Gasteiger partial charge in [0.15, 0.2) is 0 Å². The number of hydrogen-bond donors (Lipinski definition) is 1. The Hall–Kier alpha value is -3.33. The van der Waals surface area contributed by atoms with Gasteiger partial charge in [-0.05, 0) is 30.7 Å². The van der Waals surface area contributed by atoms with Crippen molar-refractivity contribution in [3.63, 3.8) is 0 Å². The fraction of sp³-hybridized carbons (Fsp3) is 0.111. The molecule has 1 aromatic carbocycles. The Balaban J connectivity index is 1.88. The third kappa shape index (κ3) is 2.57. The van der Waals surface area contributed by atoms with Crippen molar-refractivity contribution in [2.45, 2.75) is 13.5 Å². The second-order valence-corrected chi connectivity index (χ2v) is 5.36. The zero-order valence-corrected chi connectivity index (χ0v) is 12.9. The molecule has 0 aliphatic carbocycles. The van der Waals surface area contributed by atoms with Gasteiger partial charge in [-0.1, -0.05) is 12.1 Å². The lowest BCUT2D eigenvalue weighted by Crippen LogP contribution is -2.12. The molecule has 0 aliphatic rings. The van der Waals surface area contributed by atoms with Crippen LogP contribution >= 0.6 is 0 Å². The Morgan fingerprint density at radius 2 is 2.17 bits per heavy atom. The van der Waals surface area contributed by atoms with Crippen molar-refractivity contribution < 1.29 is 13.9 Å². The number of carbonyl (C=O) groups excluding carboxylic acids is 1. The molecule has 0 amide bonds. The minimum atomic E-state index is -0.854. The molecule has 0 radical (unpaired) electrons. The van der Waals surface area contributed by atoms with Gasteiger partial charge in [0.25, 0.3) is 0 Å². The van der Waals surface area contributed by atoms with Crippen LogP contribution in [0.15, 0.2) is 42.7 Å². The highest BCUT2D eigenvalue weighted by Gasteiger charge is 2.20. The van der Waals surface area contributed by atoms with E-state index in [2.05, 4.69) is 6.07 Å². The quantitative estimate of drug-likeness (QED) is 0.593. The number of fused-ring (bicyclic) bond motifs is 1. The molecule has 3 rings (SSSR count). The lowest BCUT2D eigenvalue weighted by molar-refractivity contribution is 0.0468. The van der Waals surface area contributed by atoms with E-state index in [-0.39, 0.29) is 17.9 Å². The third-order valence-corrected chi connectivity index (χ3v) is 3.85. The number of nitrogen functional groups attached to an aromatic ring is 1. The van der Waals surface area contributed by atoms with Crippen LogP contribution in [0.4, 0.5) is 10.1 Å². The highest BCUT2D eigenvalue weighted by Crippen LogP contribution is 2.23. The minimum absolute atomic E-state index is 0.0579. The highest BCUT2D eigenvalue weighted by atomic mass is 19.1. The van der Waals surface area contributed by atoms with Crippen LogP contribution in [0.2, 0.25) is 0 Å². The molecule has 6 heteroatoms. The molecule has 120 valence electrons. The van der Waals surface area contributed by atoms with E-state index in [0.29, 0.717) is 22.2 Å². The van der Waals surface area contributed by atoms with E-state index >= 15 is 0 Å². The van der Waals surface area contributed by atoms with Crippen molar-refractivity contribution in [1.29, 1.82) is 5.26 Å². The zero-order chi connectivity index (χ0) is 17.3. The third-order valence-electron chi connectivity index (χ3n) is 3.85. The fourth-order valence-corrected chi connectivity index (χ4v) is 2.54. The molecule has 2 heterocycles. The van der Waals surface area contributed by atoms with Crippen LogP contribution < -0.4 is 5.73 Å². The molecule has 0 saturated heterocycles. The van der Waals surface area contributed by atoms with E-state index in [1.807, 2.05) is 12.1 Å². The number of aromatic nitrogens is 1. The van der Waals surface area contributed by atoms with Gasteiger partial charge in [0, 0.05) is 18.0 Å². The Labute approximate surface area is 137 Å². The summed E-state index contributed by atoms with van der Waals surface area (Å²) in [6, 6.07) is 10.2. The minimum Gasteiger partial charge on any atom is -0.457 e. The number of ether oxygens (including phenoxy) is 1. The molecule has 24 heavy (non-hydrogen) atoms. The number of benzene rings is 1. The number of pyridine rings is 1. The second-order valence-electron chi connectivity index (χ2n) is 5.36. The summed E-state index contributed by atoms with van der Waals surface area (Å²) in [6.07, 6.45) is 3.50. The smallest absolute Gasteiger partial charge is 0.343 e. The maximum atomic E-state index is 13.9. The number of nitrogens with zero attached hydrogens (tertiary/aromatic N) is 2. The van der Waals surface area contributed by atoms with Crippen LogP contribution in [0.25, 0.3) is 5.52 Å². The van der Waals surface area contributed by atoms with E-state index in [9.17, 15) is 14.4 Å². The molecule has 2 aromatic heterocycles. The fourth-order valence-electron chi connectivity index (χ4n) is 2.54. The van der Waals surface area contributed by atoms with Crippen LogP contribution in [0.3, 0.4) is 0 Å².